The van der Waals surface area contributed by atoms with Crippen molar-refractivity contribution < 1.29 is 9.90 Å². The second-order valence-electron chi connectivity index (χ2n) is 7.61. The Morgan fingerprint density at radius 1 is 1.12 bits per heavy atom. The molecule has 0 bridgehead atoms. The molecule has 2 aliphatic heterocycles. The fourth-order valence-electron chi connectivity index (χ4n) is 4.11. The number of aromatic nitrogens is 1. The molecule has 5 heteroatoms. The number of amides is 1. The number of piperidine rings is 1. The first-order valence-corrected chi connectivity index (χ1v) is 9.28. The lowest BCUT2D eigenvalue weighted by Gasteiger charge is -2.47. The van der Waals surface area contributed by atoms with Crippen LogP contribution >= 0.6 is 0 Å². The molecule has 0 saturated carbocycles. The number of benzene rings is 1. The summed E-state index contributed by atoms with van der Waals surface area (Å²) >= 11 is 0. The smallest absolute Gasteiger partial charge is 0.231 e. The molecule has 136 valence electrons. The SMILES string of the molecule is O=C(N1CCC(O)(c2cccnc2)CC1)C1(Cc2ccccc2)CNC1. The molecule has 1 aromatic carbocycles. The first-order chi connectivity index (χ1) is 12.6. The van der Waals surface area contributed by atoms with E-state index in [-0.39, 0.29) is 11.3 Å². The average Bonchev–Trinajstić information content (AvgIpc) is 2.66. The van der Waals surface area contributed by atoms with Crippen LogP contribution < -0.4 is 5.32 Å². The van der Waals surface area contributed by atoms with Gasteiger partial charge in [0.15, 0.2) is 0 Å². The van der Waals surface area contributed by atoms with Crippen molar-refractivity contribution in [3.8, 4) is 0 Å². The highest BCUT2D eigenvalue weighted by Gasteiger charge is 2.48. The average molecular weight is 351 g/mol. The number of hydrogen-bond donors (Lipinski definition) is 2. The Balaban J connectivity index is 1.44. The minimum Gasteiger partial charge on any atom is -0.385 e. The number of hydrogen-bond acceptors (Lipinski definition) is 4. The second-order valence-corrected chi connectivity index (χ2v) is 7.61. The van der Waals surface area contributed by atoms with Gasteiger partial charge >= 0.3 is 0 Å². The van der Waals surface area contributed by atoms with Crippen LogP contribution in [0.5, 0.6) is 0 Å². The maximum Gasteiger partial charge on any atom is 0.231 e. The summed E-state index contributed by atoms with van der Waals surface area (Å²) in [7, 11) is 0. The van der Waals surface area contributed by atoms with Crippen molar-refractivity contribution in [2.75, 3.05) is 26.2 Å². The first-order valence-electron chi connectivity index (χ1n) is 9.28. The maximum absolute atomic E-state index is 13.2. The van der Waals surface area contributed by atoms with Crippen LogP contribution in [0.1, 0.15) is 24.0 Å². The normalized spacial score (nSPS) is 21.0. The summed E-state index contributed by atoms with van der Waals surface area (Å²) in [6, 6.07) is 14.0. The maximum atomic E-state index is 13.2. The van der Waals surface area contributed by atoms with Crippen LogP contribution in [-0.4, -0.2) is 47.1 Å². The molecule has 2 aliphatic rings. The molecule has 1 amide bonds. The van der Waals surface area contributed by atoms with E-state index in [1.165, 1.54) is 5.56 Å². The third kappa shape index (κ3) is 3.13. The van der Waals surface area contributed by atoms with E-state index in [0.29, 0.717) is 25.9 Å². The highest BCUT2D eigenvalue weighted by atomic mass is 16.3. The quantitative estimate of drug-likeness (QED) is 0.880. The first kappa shape index (κ1) is 17.2. The number of likely N-dealkylation sites (tertiary alicyclic amines) is 1. The van der Waals surface area contributed by atoms with E-state index in [1.54, 1.807) is 12.4 Å². The van der Waals surface area contributed by atoms with E-state index in [4.69, 9.17) is 0 Å². The van der Waals surface area contributed by atoms with Gasteiger partial charge in [0.25, 0.3) is 0 Å². The lowest BCUT2D eigenvalue weighted by Crippen LogP contribution is -2.64. The van der Waals surface area contributed by atoms with E-state index in [1.807, 2.05) is 35.2 Å². The summed E-state index contributed by atoms with van der Waals surface area (Å²) in [5.41, 5.74) is 0.822. The van der Waals surface area contributed by atoms with Crippen molar-refractivity contribution in [3.05, 3.63) is 66.0 Å². The zero-order valence-electron chi connectivity index (χ0n) is 14.9. The molecular formula is C21H25N3O2. The fraction of sp³-hybridized carbons (Fsp3) is 0.429. The summed E-state index contributed by atoms with van der Waals surface area (Å²) in [4.78, 5) is 19.3. The van der Waals surface area contributed by atoms with E-state index in [9.17, 15) is 9.90 Å². The van der Waals surface area contributed by atoms with Crippen molar-refractivity contribution in [3.63, 3.8) is 0 Å². The molecule has 1 aromatic heterocycles. The van der Waals surface area contributed by atoms with Crippen LogP contribution in [0.25, 0.3) is 0 Å². The van der Waals surface area contributed by atoms with Gasteiger partial charge in [0.2, 0.25) is 5.91 Å². The van der Waals surface area contributed by atoms with Gasteiger partial charge in [-0.25, -0.2) is 0 Å². The van der Waals surface area contributed by atoms with Gasteiger partial charge < -0.3 is 15.3 Å². The summed E-state index contributed by atoms with van der Waals surface area (Å²) in [5, 5.41) is 14.2. The zero-order valence-corrected chi connectivity index (χ0v) is 14.9. The highest BCUT2D eigenvalue weighted by molar-refractivity contribution is 5.85. The van der Waals surface area contributed by atoms with Crippen molar-refractivity contribution in [1.82, 2.24) is 15.2 Å². The molecule has 26 heavy (non-hydrogen) atoms. The minimum absolute atomic E-state index is 0.216. The van der Waals surface area contributed by atoms with Crippen LogP contribution in [-0.2, 0) is 16.8 Å². The lowest BCUT2D eigenvalue weighted by molar-refractivity contribution is -0.149. The summed E-state index contributed by atoms with van der Waals surface area (Å²) < 4.78 is 0. The number of aliphatic hydroxyl groups is 1. The number of nitrogens with one attached hydrogen (secondary N) is 1. The summed E-state index contributed by atoms with van der Waals surface area (Å²) in [5.74, 6) is 0.216. The molecule has 2 aromatic rings. The third-order valence-electron chi connectivity index (χ3n) is 5.84. The van der Waals surface area contributed by atoms with Crippen molar-refractivity contribution in [2.45, 2.75) is 24.9 Å². The van der Waals surface area contributed by atoms with Crippen LogP contribution in [0.3, 0.4) is 0 Å². The number of pyridine rings is 1. The molecule has 2 N–H and O–H groups in total. The van der Waals surface area contributed by atoms with Gasteiger partial charge in [-0.2, -0.15) is 0 Å². The summed E-state index contributed by atoms with van der Waals surface area (Å²) in [6.45, 7) is 2.62. The lowest BCUT2D eigenvalue weighted by atomic mass is 9.74. The van der Waals surface area contributed by atoms with Gasteiger partial charge in [-0.05, 0) is 30.9 Å². The van der Waals surface area contributed by atoms with Crippen molar-refractivity contribution in [1.29, 1.82) is 0 Å². The van der Waals surface area contributed by atoms with Gasteiger partial charge in [0.05, 0.1) is 11.0 Å². The number of rotatable bonds is 4. The van der Waals surface area contributed by atoms with Crippen LogP contribution in [0, 0.1) is 5.41 Å². The van der Waals surface area contributed by atoms with E-state index < -0.39 is 5.60 Å². The van der Waals surface area contributed by atoms with Crippen LogP contribution in [0.15, 0.2) is 54.9 Å². The van der Waals surface area contributed by atoms with Crippen LogP contribution in [0.2, 0.25) is 0 Å². The number of carbonyl (C=O) groups excluding carboxylic acids is 1. The van der Waals surface area contributed by atoms with E-state index in [0.717, 1.165) is 25.1 Å². The van der Waals surface area contributed by atoms with Crippen molar-refractivity contribution >= 4 is 5.91 Å². The molecule has 5 nitrogen and oxygen atoms in total. The Labute approximate surface area is 154 Å². The van der Waals surface area contributed by atoms with Gasteiger partial charge in [-0.15, -0.1) is 0 Å². The zero-order chi connectivity index (χ0) is 18.0. The van der Waals surface area contributed by atoms with Crippen LogP contribution in [0.4, 0.5) is 0 Å². The van der Waals surface area contributed by atoms with E-state index in [2.05, 4.69) is 22.4 Å². The molecule has 2 fully saturated rings. The van der Waals surface area contributed by atoms with Gasteiger partial charge in [0.1, 0.15) is 0 Å². The fourth-order valence-corrected chi connectivity index (χ4v) is 4.11. The second kappa shape index (κ2) is 6.82. The Morgan fingerprint density at radius 2 is 1.85 bits per heavy atom. The molecule has 4 rings (SSSR count). The van der Waals surface area contributed by atoms with Gasteiger partial charge in [0, 0.05) is 44.1 Å². The molecule has 0 aliphatic carbocycles. The minimum atomic E-state index is -0.879. The summed E-state index contributed by atoms with van der Waals surface area (Å²) in [6.07, 6.45) is 5.31. The molecule has 0 unspecified atom stereocenters. The standard InChI is InChI=1S/C21H25N3O2/c25-19(20(15-23-16-20)13-17-5-2-1-3-6-17)24-11-8-21(26,9-12-24)18-7-4-10-22-14-18/h1-7,10,14,23,26H,8-9,11-13,15-16H2. The van der Waals surface area contributed by atoms with Gasteiger partial charge in [-0.3, -0.25) is 9.78 Å². The Hall–Kier alpha value is -2.24. The molecule has 0 atom stereocenters. The molecule has 0 radical (unpaired) electrons. The highest BCUT2D eigenvalue weighted by Crippen LogP contribution is 2.36. The van der Waals surface area contributed by atoms with Gasteiger partial charge in [-0.1, -0.05) is 36.4 Å². The van der Waals surface area contributed by atoms with E-state index >= 15 is 0 Å². The topological polar surface area (TPSA) is 65.5 Å². The predicted octanol–water partition coefficient (Wildman–Crippen LogP) is 1.72. The largest absolute Gasteiger partial charge is 0.385 e. The molecular weight excluding hydrogens is 326 g/mol. The van der Waals surface area contributed by atoms with Crippen molar-refractivity contribution in [2.24, 2.45) is 5.41 Å². The molecule has 2 saturated heterocycles. The number of nitrogens with zero attached hydrogens (tertiary/aromatic N) is 2. The number of carbonyl (C=O) groups is 1. The Kier molecular flexibility index (Phi) is 4.51. The molecule has 3 heterocycles. The Bertz CT molecular complexity index is 751. The monoisotopic (exact) mass is 351 g/mol. The molecule has 0 spiro atoms. The Morgan fingerprint density at radius 3 is 2.42 bits per heavy atom. The predicted molar refractivity (Wildman–Crippen MR) is 99.4 cm³/mol. The third-order valence-corrected chi connectivity index (χ3v) is 5.84.